The van der Waals surface area contributed by atoms with Gasteiger partial charge in [-0.05, 0) is 32.7 Å². The normalized spacial score (nSPS) is 19.9. The molecule has 1 atom stereocenters. The number of hydrogen-bond donors (Lipinski definition) is 1. The highest BCUT2D eigenvalue weighted by Gasteiger charge is 2.16. The van der Waals surface area contributed by atoms with Gasteiger partial charge >= 0.3 is 0 Å². The summed E-state index contributed by atoms with van der Waals surface area (Å²) in [5.41, 5.74) is 0. The van der Waals surface area contributed by atoms with Gasteiger partial charge in [0.25, 0.3) is 0 Å². The topological polar surface area (TPSA) is 46.2 Å². The molecule has 0 spiro atoms. The van der Waals surface area contributed by atoms with Crippen LogP contribution in [0.15, 0.2) is 0 Å². The molecule has 1 rings (SSSR count). The fourth-order valence-corrected chi connectivity index (χ4v) is 4.58. The van der Waals surface area contributed by atoms with Gasteiger partial charge in [0, 0.05) is 29.1 Å². The standard InChI is InChI=1S/C13H27NO2S2/c1-14-12(7-6-10-18(2,15)16)11-17-13-8-4-3-5-9-13/h12-14H,3-11H2,1-2H3. The molecule has 0 aromatic carbocycles. The highest BCUT2D eigenvalue weighted by atomic mass is 32.2. The van der Waals surface area contributed by atoms with E-state index in [1.165, 1.54) is 38.4 Å². The summed E-state index contributed by atoms with van der Waals surface area (Å²) in [6, 6.07) is 0.457. The van der Waals surface area contributed by atoms with E-state index >= 15 is 0 Å². The SMILES string of the molecule is CNC(CCCS(C)(=O)=O)CSC1CCCCC1. The van der Waals surface area contributed by atoms with Crippen LogP contribution in [0.1, 0.15) is 44.9 Å². The van der Waals surface area contributed by atoms with Crippen molar-refractivity contribution >= 4 is 21.6 Å². The fraction of sp³-hybridized carbons (Fsp3) is 1.00. The van der Waals surface area contributed by atoms with Gasteiger partial charge in [-0.2, -0.15) is 11.8 Å². The Kier molecular flexibility index (Phi) is 7.64. The highest BCUT2D eigenvalue weighted by molar-refractivity contribution is 7.99. The minimum Gasteiger partial charge on any atom is -0.316 e. The first-order valence-electron chi connectivity index (χ1n) is 6.98. The van der Waals surface area contributed by atoms with Gasteiger partial charge in [0.15, 0.2) is 0 Å². The molecule has 0 aliphatic heterocycles. The molecule has 0 aromatic rings. The van der Waals surface area contributed by atoms with Crippen molar-refractivity contribution in [3.8, 4) is 0 Å². The van der Waals surface area contributed by atoms with Gasteiger partial charge in [-0.25, -0.2) is 8.42 Å². The first-order chi connectivity index (χ1) is 8.51. The van der Waals surface area contributed by atoms with E-state index in [1.807, 2.05) is 7.05 Å². The third kappa shape index (κ3) is 7.64. The molecular formula is C13H27NO2S2. The number of sulfone groups is 1. The Labute approximate surface area is 116 Å². The van der Waals surface area contributed by atoms with Crippen molar-refractivity contribution in [2.45, 2.75) is 56.2 Å². The highest BCUT2D eigenvalue weighted by Crippen LogP contribution is 2.28. The third-order valence-electron chi connectivity index (χ3n) is 3.56. The Hall–Kier alpha value is 0.260. The molecule has 5 heteroatoms. The maximum absolute atomic E-state index is 11.1. The van der Waals surface area contributed by atoms with Crippen LogP contribution < -0.4 is 5.32 Å². The summed E-state index contributed by atoms with van der Waals surface area (Å²) in [5, 5.41) is 4.15. The summed E-state index contributed by atoms with van der Waals surface area (Å²) < 4.78 is 22.2. The second-order valence-corrected chi connectivity index (χ2v) is 8.94. The van der Waals surface area contributed by atoms with Crippen LogP contribution in [-0.4, -0.2) is 44.5 Å². The molecule has 0 radical (unpaired) electrons. The molecule has 0 bridgehead atoms. The lowest BCUT2D eigenvalue weighted by Crippen LogP contribution is -2.29. The smallest absolute Gasteiger partial charge is 0.147 e. The monoisotopic (exact) mass is 293 g/mol. The Balaban J connectivity index is 2.16. The lowest BCUT2D eigenvalue weighted by atomic mass is 10.0. The summed E-state index contributed by atoms with van der Waals surface area (Å²) in [5.74, 6) is 1.43. The number of nitrogens with one attached hydrogen (secondary N) is 1. The van der Waals surface area contributed by atoms with E-state index in [0.29, 0.717) is 11.8 Å². The van der Waals surface area contributed by atoms with E-state index in [9.17, 15) is 8.42 Å². The Morgan fingerprint density at radius 3 is 2.50 bits per heavy atom. The number of rotatable bonds is 8. The van der Waals surface area contributed by atoms with Gasteiger partial charge < -0.3 is 5.32 Å². The predicted octanol–water partition coefficient (Wildman–Crippen LogP) is 2.47. The quantitative estimate of drug-likeness (QED) is 0.747. The summed E-state index contributed by atoms with van der Waals surface area (Å²) in [4.78, 5) is 0. The first kappa shape index (κ1) is 16.3. The molecular weight excluding hydrogens is 266 g/mol. The molecule has 108 valence electrons. The van der Waals surface area contributed by atoms with E-state index in [0.717, 1.165) is 23.8 Å². The van der Waals surface area contributed by atoms with Crippen molar-refractivity contribution in [3.05, 3.63) is 0 Å². The summed E-state index contributed by atoms with van der Waals surface area (Å²) >= 11 is 2.08. The Morgan fingerprint density at radius 2 is 1.94 bits per heavy atom. The van der Waals surface area contributed by atoms with Crippen LogP contribution in [0.2, 0.25) is 0 Å². The van der Waals surface area contributed by atoms with E-state index in [2.05, 4.69) is 17.1 Å². The van der Waals surface area contributed by atoms with Crippen molar-refractivity contribution in [3.63, 3.8) is 0 Å². The number of thioether (sulfide) groups is 1. The maximum Gasteiger partial charge on any atom is 0.147 e. The lowest BCUT2D eigenvalue weighted by molar-refractivity contribution is 0.512. The van der Waals surface area contributed by atoms with Crippen LogP contribution in [0, 0.1) is 0 Å². The van der Waals surface area contributed by atoms with Gasteiger partial charge in [0.2, 0.25) is 0 Å². The molecule has 1 fully saturated rings. The van der Waals surface area contributed by atoms with Crippen LogP contribution in [0.5, 0.6) is 0 Å². The van der Waals surface area contributed by atoms with Gasteiger partial charge in [-0.3, -0.25) is 0 Å². The second kappa shape index (κ2) is 8.43. The van der Waals surface area contributed by atoms with Crippen LogP contribution in [0.4, 0.5) is 0 Å². The average Bonchev–Trinajstić information content (AvgIpc) is 2.33. The molecule has 0 amide bonds. The molecule has 0 saturated heterocycles. The molecule has 0 aromatic heterocycles. The fourth-order valence-electron chi connectivity index (χ4n) is 2.39. The van der Waals surface area contributed by atoms with Crippen molar-refractivity contribution in [1.29, 1.82) is 0 Å². The minimum absolute atomic E-state index is 0.319. The van der Waals surface area contributed by atoms with Crippen molar-refractivity contribution in [2.24, 2.45) is 0 Å². The molecule has 3 nitrogen and oxygen atoms in total. The average molecular weight is 293 g/mol. The van der Waals surface area contributed by atoms with Crippen LogP contribution in [0.25, 0.3) is 0 Å². The van der Waals surface area contributed by atoms with Crippen LogP contribution >= 0.6 is 11.8 Å². The van der Waals surface area contributed by atoms with Gasteiger partial charge in [-0.15, -0.1) is 0 Å². The predicted molar refractivity (Wildman–Crippen MR) is 81.1 cm³/mol. The molecule has 1 saturated carbocycles. The minimum atomic E-state index is -2.80. The van der Waals surface area contributed by atoms with E-state index < -0.39 is 9.84 Å². The van der Waals surface area contributed by atoms with Crippen LogP contribution in [-0.2, 0) is 9.84 Å². The molecule has 1 N–H and O–H groups in total. The number of hydrogen-bond acceptors (Lipinski definition) is 4. The van der Waals surface area contributed by atoms with Crippen molar-refractivity contribution in [2.75, 3.05) is 24.8 Å². The summed E-state index contributed by atoms with van der Waals surface area (Å²) in [6.45, 7) is 0. The van der Waals surface area contributed by atoms with Crippen molar-refractivity contribution in [1.82, 2.24) is 5.32 Å². The van der Waals surface area contributed by atoms with Gasteiger partial charge in [0.05, 0.1) is 0 Å². The zero-order valence-corrected chi connectivity index (χ0v) is 13.3. The Morgan fingerprint density at radius 1 is 1.28 bits per heavy atom. The van der Waals surface area contributed by atoms with Crippen LogP contribution in [0.3, 0.4) is 0 Å². The molecule has 1 unspecified atom stereocenters. The Bertz CT molecular complexity index is 311. The largest absolute Gasteiger partial charge is 0.316 e. The summed E-state index contributed by atoms with van der Waals surface area (Å²) in [7, 11) is -0.819. The zero-order valence-electron chi connectivity index (χ0n) is 11.7. The second-order valence-electron chi connectivity index (χ2n) is 5.35. The van der Waals surface area contributed by atoms with E-state index in [1.54, 1.807) is 0 Å². The van der Waals surface area contributed by atoms with Gasteiger partial charge in [-0.1, -0.05) is 19.3 Å². The zero-order chi connectivity index (χ0) is 13.4. The molecule has 18 heavy (non-hydrogen) atoms. The maximum atomic E-state index is 11.1. The third-order valence-corrected chi connectivity index (χ3v) is 6.13. The summed E-state index contributed by atoms with van der Waals surface area (Å²) in [6.07, 6.45) is 9.96. The van der Waals surface area contributed by atoms with E-state index in [4.69, 9.17) is 0 Å². The molecule has 0 heterocycles. The van der Waals surface area contributed by atoms with Crippen molar-refractivity contribution < 1.29 is 8.42 Å². The van der Waals surface area contributed by atoms with E-state index in [-0.39, 0.29) is 0 Å². The molecule has 1 aliphatic carbocycles. The van der Waals surface area contributed by atoms with Gasteiger partial charge in [0.1, 0.15) is 9.84 Å². The first-order valence-corrected chi connectivity index (χ1v) is 10.1. The molecule has 1 aliphatic rings. The lowest BCUT2D eigenvalue weighted by Gasteiger charge is -2.23.